The number of esters is 1. The molecule has 2 N–H and O–H groups in total. The lowest BCUT2D eigenvalue weighted by Crippen LogP contribution is -2.38. The van der Waals surface area contributed by atoms with Crippen LogP contribution in [0.1, 0.15) is 32.0 Å². The van der Waals surface area contributed by atoms with Crippen molar-refractivity contribution in [3.63, 3.8) is 0 Å². The highest BCUT2D eigenvalue weighted by atomic mass is 16.5. The lowest BCUT2D eigenvalue weighted by atomic mass is 10.2. The number of hydrogen-bond acceptors (Lipinski definition) is 4. The third-order valence-corrected chi connectivity index (χ3v) is 2.40. The van der Waals surface area contributed by atoms with Crippen molar-refractivity contribution in [2.75, 3.05) is 13.2 Å². The molecule has 2 amide bonds. The van der Waals surface area contributed by atoms with E-state index in [2.05, 4.69) is 15.6 Å². The molecule has 0 bridgehead atoms. The van der Waals surface area contributed by atoms with Gasteiger partial charge >= 0.3 is 12.0 Å². The topological polar surface area (TPSA) is 80.3 Å². The lowest BCUT2D eigenvalue weighted by Gasteiger charge is -2.13. The average molecular weight is 265 g/mol. The first kappa shape index (κ1) is 14.9. The van der Waals surface area contributed by atoms with Crippen LogP contribution < -0.4 is 10.6 Å². The molecule has 0 saturated carbocycles. The first-order valence-electron chi connectivity index (χ1n) is 6.24. The third-order valence-electron chi connectivity index (χ3n) is 2.40. The average Bonchev–Trinajstić information content (AvgIpc) is 2.40. The van der Waals surface area contributed by atoms with Crippen molar-refractivity contribution in [2.45, 2.75) is 26.3 Å². The van der Waals surface area contributed by atoms with Crippen LogP contribution in [0.3, 0.4) is 0 Å². The van der Waals surface area contributed by atoms with Crippen molar-refractivity contribution in [3.05, 3.63) is 30.1 Å². The maximum atomic E-state index is 11.6. The third kappa shape index (κ3) is 5.85. The zero-order valence-electron chi connectivity index (χ0n) is 11.2. The summed E-state index contributed by atoms with van der Waals surface area (Å²) in [5.74, 6) is -0.319. The fraction of sp³-hybridized carbons (Fsp3) is 0.462. The molecular formula is C13H19N3O3. The molecule has 0 spiro atoms. The van der Waals surface area contributed by atoms with Gasteiger partial charge in [-0.2, -0.15) is 0 Å². The second-order valence-corrected chi connectivity index (χ2v) is 3.93. The molecule has 0 aliphatic heterocycles. The smallest absolute Gasteiger partial charge is 0.315 e. The van der Waals surface area contributed by atoms with Gasteiger partial charge in [-0.1, -0.05) is 6.07 Å². The molecule has 0 aliphatic carbocycles. The monoisotopic (exact) mass is 265 g/mol. The summed E-state index contributed by atoms with van der Waals surface area (Å²) in [7, 11) is 0. The molecule has 0 saturated heterocycles. The highest BCUT2D eigenvalue weighted by Crippen LogP contribution is 2.06. The van der Waals surface area contributed by atoms with E-state index in [1.165, 1.54) is 0 Å². The Morgan fingerprint density at radius 2 is 2.21 bits per heavy atom. The standard InChI is InChI=1S/C13H19N3O3/c1-3-19-12(17)7-9-15-13(18)16-10(2)11-6-4-5-8-14-11/h4-6,8,10H,3,7,9H2,1-2H3,(H2,15,16,18). The fourth-order valence-corrected chi connectivity index (χ4v) is 1.46. The predicted molar refractivity (Wildman–Crippen MR) is 70.4 cm³/mol. The summed E-state index contributed by atoms with van der Waals surface area (Å²) >= 11 is 0. The molecule has 0 radical (unpaired) electrons. The maximum absolute atomic E-state index is 11.6. The summed E-state index contributed by atoms with van der Waals surface area (Å²) in [5.41, 5.74) is 0.781. The number of rotatable bonds is 6. The van der Waals surface area contributed by atoms with E-state index in [-0.39, 0.29) is 31.0 Å². The summed E-state index contributed by atoms with van der Waals surface area (Å²) in [5, 5.41) is 5.33. The van der Waals surface area contributed by atoms with Gasteiger partial charge in [0.25, 0.3) is 0 Å². The molecule has 6 nitrogen and oxygen atoms in total. The van der Waals surface area contributed by atoms with E-state index < -0.39 is 0 Å². The molecule has 6 heteroatoms. The van der Waals surface area contributed by atoms with Gasteiger partial charge in [0.1, 0.15) is 0 Å². The number of hydrogen-bond donors (Lipinski definition) is 2. The van der Waals surface area contributed by atoms with Crippen LogP contribution in [-0.2, 0) is 9.53 Å². The summed E-state index contributed by atoms with van der Waals surface area (Å²) in [4.78, 5) is 26.8. The van der Waals surface area contributed by atoms with E-state index in [4.69, 9.17) is 4.74 Å². The molecule has 104 valence electrons. The Labute approximate surface area is 112 Å². The second kappa shape index (κ2) is 8.07. The largest absolute Gasteiger partial charge is 0.466 e. The van der Waals surface area contributed by atoms with E-state index in [1.807, 2.05) is 25.1 Å². The Hall–Kier alpha value is -2.11. The Morgan fingerprint density at radius 3 is 2.84 bits per heavy atom. The number of nitrogens with one attached hydrogen (secondary N) is 2. The van der Waals surface area contributed by atoms with Gasteiger partial charge in [-0.15, -0.1) is 0 Å². The molecule has 19 heavy (non-hydrogen) atoms. The first-order valence-corrected chi connectivity index (χ1v) is 6.24. The number of carbonyl (C=O) groups is 2. The molecule has 1 rings (SSSR count). The molecule has 1 unspecified atom stereocenters. The molecular weight excluding hydrogens is 246 g/mol. The van der Waals surface area contributed by atoms with Crippen molar-refractivity contribution in [3.8, 4) is 0 Å². The van der Waals surface area contributed by atoms with Gasteiger partial charge in [-0.3, -0.25) is 9.78 Å². The van der Waals surface area contributed by atoms with Crippen LogP contribution in [0.4, 0.5) is 4.79 Å². The van der Waals surface area contributed by atoms with Crippen LogP contribution in [0.15, 0.2) is 24.4 Å². The summed E-state index contributed by atoms with van der Waals surface area (Å²) < 4.78 is 4.75. The molecule has 1 aromatic heterocycles. The Kier molecular flexibility index (Phi) is 6.35. The molecule has 1 aromatic rings. The van der Waals surface area contributed by atoms with E-state index in [9.17, 15) is 9.59 Å². The van der Waals surface area contributed by atoms with Crippen LogP contribution in [0, 0.1) is 0 Å². The van der Waals surface area contributed by atoms with E-state index in [0.29, 0.717) is 6.61 Å². The molecule has 0 fully saturated rings. The number of nitrogens with zero attached hydrogens (tertiary/aromatic N) is 1. The van der Waals surface area contributed by atoms with Crippen molar-refractivity contribution < 1.29 is 14.3 Å². The number of urea groups is 1. The zero-order valence-corrected chi connectivity index (χ0v) is 11.2. The van der Waals surface area contributed by atoms with Crippen molar-refractivity contribution in [1.82, 2.24) is 15.6 Å². The Balaban J connectivity index is 2.26. The van der Waals surface area contributed by atoms with Gasteiger partial charge in [0.05, 0.1) is 24.8 Å². The number of aromatic nitrogens is 1. The van der Waals surface area contributed by atoms with Gasteiger partial charge < -0.3 is 15.4 Å². The second-order valence-electron chi connectivity index (χ2n) is 3.93. The normalized spacial score (nSPS) is 11.5. The number of carbonyl (C=O) groups excluding carboxylic acids is 2. The molecule has 0 aliphatic rings. The maximum Gasteiger partial charge on any atom is 0.315 e. The van der Waals surface area contributed by atoms with Crippen LogP contribution in [0.25, 0.3) is 0 Å². The van der Waals surface area contributed by atoms with Gasteiger partial charge in [0, 0.05) is 12.7 Å². The molecule has 1 heterocycles. The van der Waals surface area contributed by atoms with E-state index >= 15 is 0 Å². The molecule has 0 aromatic carbocycles. The van der Waals surface area contributed by atoms with Crippen molar-refractivity contribution >= 4 is 12.0 Å². The minimum atomic E-state index is -0.331. The van der Waals surface area contributed by atoms with Crippen LogP contribution in [-0.4, -0.2) is 30.1 Å². The fourth-order valence-electron chi connectivity index (χ4n) is 1.46. The van der Waals surface area contributed by atoms with Gasteiger partial charge in [0.2, 0.25) is 0 Å². The zero-order chi connectivity index (χ0) is 14.1. The number of ether oxygens (including phenoxy) is 1. The minimum Gasteiger partial charge on any atom is -0.466 e. The molecule has 1 atom stereocenters. The number of pyridine rings is 1. The summed E-state index contributed by atoms with van der Waals surface area (Å²) in [6, 6.07) is 4.99. The predicted octanol–water partition coefficient (Wildman–Crippen LogP) is 1.39. The highest BCUT2D eigenvalue weighted by molar-refractivity contribution is 5.75. The van der Waals surface area contributed by atoms with Gasteiger partial charge in [-0.05, 0) is 26.0 Å². The van der Waals surface area contributed by atoms with Crippen LogP contribution in [0.2, 0.25) is 0 Å². The summed E-state index contributed by atoms with van der Waals surface area (Å²) in [6.07, 6.45) is 1.84. The highest BCUT2D eigenvalue weighted by Gasteiger charge is 2.10. The van der Waals surface area contributed by atoms with Crippen molar-refractivity contribution in [2.24, 2.45) is 0 Å². The van der Waals surface area contributed by atoms with Crippen LogP contribution in [0.5, 0.6) is 0 Å². The van der Waals surface area contributed by atoms with E-state index in [0.717, 1.165) is 5.69 Å². The first-order chi connectivity index (χ1) is 9.13. The van der Waals surface area contributed by atoms with Crippen molar-refractivity contribution in [1.29, 1.82) is 0 Å². The SMILES string of the molecule is CCOC(=O)CCNC(=O)NC(C)c1ccccn1. The summed E-state index contributed by atoms with van der Waals surface area (Å²) in [6.45, 7) is 4.18. The van der Waals surface area contributed by atoms with Gasteiger partial charge in [0.15, 0.2) is 0 Å². The lowest BCUT2D eigenvalue weighted by molar-refractivity contribution is -0.142. The number of amides is 2. The van der Waals surface area contributed by atoms with Crippen LogP contribution >= 0.6 is 0 Å². The Morgan fingerprint density at radius 1 is 1.42 bits per heavy atom. The quantitative estimate of drug-likeness (QED) is 0.762. The minimum absolute atomic E-state index is 0.166. The Bertz CT molecular complexity index is 409. The van der Waals surface area contributed by atoms with Gasteiger partial charge in [-0.25, -0.2) is 4.79 Å². The van der Waals surface area contributed by atoms with E-state index in [1.54, 1.807) is 13.1 Å².